The minimum absolute atomic E-state index is 0.0851. The lowest BCUT2D eigenvalue weighted by atomic mass is 9.98. The lowest BCUT2D eigenvalue weighted by Crippen LogP contribution is -2.38. The molecule has 1 amide bonds. The number of hydrogen-bond acceptors (Lipinski definition) is 1. The topological polar surface area (TPSA) is 25.2 Å². The van der Waals surface area contributed by atoms with Gasteiger partial charge in [-0.2, -0.15) is 0 Å². The molecule has 0 N–H and O–H groups in total. The van der Waals surface area contributed by atoms with Gasteiger partial charge in [-0.05, 0) is 36.5 Å². The zero-order chi connectivity index (χ0) is 19.6. The van der Waals surface area contributed by atoms with E-state index in [2.05, 4.69) is 54.6 Å². The molecule has 1 saturated heterocycles. The van der Waals surface area contributed by atoms with Crippen LogP contribution in [0.1, 0.15) is 19.3 Å². The molecule has 3 aromatic carbocycles. The number of aromatic nitrogens is 1. The van der Waals surface area contributed by atoms with E-state index >= 15 is 0 Å². The Morgan fingerprint density at radius 3 is 1.93 bits per heavy atom. The molecule has 29 heavy (non-hydrogen) atoms. The first kappa shape index (κ1) is 17.7. The van der Waals surface area contributed by atoms with Crippen molar-refractivity contribution in [2.24, 2.45) is 0 Å². The monoisotopic (exact) mass is 380 g/mol. The minimum Gasteiger partial charge on any atom is -0.324 e. The van der Waals surface area contributed by atoms with E-state index in [9.17, 15) is 4.79 Å². The van der Waals surface area contributed by atoms with Gasteiger partial charge in [0, 0.05) is 24.0 Å². The fraction of sp³-hybridized carbons (Fsp3) is 0.192. The van der Waals surface area contributed by atoms with E-state index in [0.717, 1.165) is 59.2 Å². The van der Waals surface area contributed by atoms with Gasteiger partial charge in [0.05, 0.1) is 11.2 Å². The van der Waals surface area contributed by atoms with Crippen LogP contribution in [0.4, 0.5) is 4.79 Å². The van der Waals surface area contributed by atoms with Gasteiger partial charge in [-0.15, -0.1) is 0 Å². The molecular weight excluding hydrogens is 356 g/mol. The van der Waals surface area contributed by atoms with E-state index in [4.69, 9.17) is 0 Å². The van der Waals surface area contributed by atoms with E-state index in [-0.39, 0.29) is 6.03 Å². The van der Waals surface area contributed by atoms with Gasteiger partial charge < -0.3 is 4.90 Å². The largest absolute Gasteiger partial charge is 0.329 e. The summed E-state index contributed by atoms with van der Waals surface area (Å²) in [6.45, 7) is 1.67. The summed E-state index contributed by atoms with van der Waals surface area (Å²) in [5, 5.41) is 1.11. The van der Waals surface area contributed by atoms with Crippen molar-refractivity contribution in [3.63, 3.8) is 0 Å². The first-order valence-electron chi connectivity index (χ1n) is 10.4. The Hall–Kier alpha value is -3.33. The van der Waals surface area contributed by atoms with Gasteiger partial charge in [0.25, 0.3) is 0 Å². The van der Waals surface area contributed by atoms with Gasteiger partial charge in [-0.3, -0.25) is 4.57 Å². The van der Waals surface area contributed by atoms with Gasteiger partial charge in [-0.25, -0.2) is 4.79 Å². The standard InChI is InChI=1S/C26H24N2O/c29-26(27-18-10-3-11-19-27)28-23-17-9-8-16-22(23)24(20-12-4-1-5-13-20)25(28)21-14-6-2-7-15-21/h1-2,4-9,12-17H,3,10-11,18-19H2. The van der Waals surface area contributed by atoms with Crippen molar-refractivity contribution in [2.45, 2.75) is 19.3 Å². The predicted molar refractivity (Wildman–Crippen MR) is 119 cm³/mol. The Balaban J connectivity index is 1.83. The van der Waals surface area contributed by atoms with Crippen molar-refractivity contribution in [1.29, 1.82) is 0 Å². The second-order valence-electron chi connectivity index (χ2n) is 7.64. The number of para-hydroxylation sites is 1. The zero-order valence-electron chi connectivity index (χ0n) is 16.4. The Kier molecular flexibility index (Phi) is 4.65. The average Bonchev–Trinajstić information content (AvgIpc) is 3.15. The van der Waals surface area contributed by atoms with E-state index in [1.54, 1.807) is 0 Å². The smallest absolute Gasteiger partial charge is 0.324 e. The van der Waals surface area contributed by atoms with Crippen molar-refractivity contribution in [3.8, 4) is 22.4 Å². The number of hydrogen-bond donors (Lipinski definition) is 0. The second-order valence-corrected chi connectivity index (χ2v) is 7.64. The molecule has 0 radical (unpaired) electrons. The molecule has 0 atom stereocenters. The fourth-order valence-corrected chi connectivity index (χ4v) is 4.43. The van der Waals surface area contributed by atoms with Crippen LogP contribution in [0, 0.1) is 0 Å². The first-order chi connectivity index (χ1) is 14.3. The summed E-state index contributed by atoms with van der Waals surface area (Å²) in [5.41, 5.74) is 5.27. The quantitative estimate of drug-likeness (QED) is 0.393. The zero-order valence-corrected chi connectivity index (χ0v) is 16.4. The summed E-state index contributed by atoms with van der Waals surface area (Å²) in [4.78, 5) is 15.8. The summed E-state index contributed by atoms with van der Waals surface area (Å²) in [7, 11) is 0. The number of benzene rings is 3. The summed E-state index contributed by atoms with van der Waals surface area (Å²) in [6.07, 6.45) is 3.37. The summed E-state index contributed by atoms with van der Waals surface area (Å²) in [6, 6.07) is 29.1. The van der Waals surface area contributed by atoms with Crippen LogP contribution in [0.5, 0.6) is 0 Å². The van der Waals surface area contributed by atoms with Gasteiger partial charge >= 0.3 is 6.03 Å². The number of fused-ring (bicyclic) bond motifs is 1. The molecule has 2 heterocycles. The molecule has 1 fully saturated rings. The van der Waals surface area contributed by atoms with Gasteiger partial charge in [-0.1, -0.05) is 78.9 Å². The highest BCUT2D eigenvalue weighted by Crippen LogP contribution is 2.41. The molecule has 0 saturated carbocycles. The van der Waals surface area contributed by atoms with Crippen LogP contribution in [0.3, 0.4) is 0 Å². The van der Waals surface area contributed by atoms with Crippen LogP contribution in [0.2, 0.25) is 0 Å². The lowest BCUT2D eigenvalue weighted by molar-refractivity contribution is 0.189. The van der Waals surface area contributed by atoms with Crippen molar-refractivity contribution >= 4 is 16.9 Å². The summed E-state index contributed by atoms with van der Waals surface area (Å²) >= 11 is 0. The van der Waals surface area contributed by atoms with Gasteiger partial charge in [0.1, 0.15) is 0 Å². The average molecular weight is 380 g/mol. The molecule has 0 aliphatic carbocycles. The Bertz CT molecular complexity index is 1140. The first-order valence-corrected chi connectivity index (χ1v) is 10.4. The lowest BCUT2D eigenvalue weighted by Gasteiger charge is -2.28. The molecular formula is C26H24N2O. The Labute approximate surface area is 171 Å². The summed E-state index contributed by atoms with van der Waals surface area (Å²) < 4.78 is 1.94. The van der Waals surface area contributed by atoms with E-state index < -0.39 is 0 Å². The number of likely N-dealkylation sites (tertiary alicyclic amines) is 1. The van der Waals surface area contributed by atoms with Crippen LogP contribution in [0.15, 0.2) is 84.9 Å². The number of nitrogens with zero attached hydrogens (tertiary/aromatic N) is 2. The Morgan fingerprint density at radius 2 is 1.24 bits per heavy atom. The number of piperidine rings is 1. The van der Waals surface area contributed by atoms with Gasteiger partial charge in [0.15, 0.2) is 0 Å². The number of rotatable bonds is 2. The van der Waals surface area contributed by atoms with Crippen LogP contribution < -0.4 is 0 Å². The minimum atomic E-state index is 0.0851. The molecule has 5 rings (SSSR count). The number of carbonyl (C=O) groups excluding carboxylic acids is 1. The summed E-state index contributed by atoms with van der Waals surface area (Å²) in [5.74, 6) is 0. The molecule has 1 aromatic heterocycles. The highest BCUT2D eigenvalue weighted by molar-refractivity contribution is 6.09. The third-order valence-electron chi connectivity index (χ3n) is 5.80. The third-order valence-corrected chi connectivity index (χ3v) is 5.80. The molecule has 3 nitrogen and oxygen atoms in total. The molecule has 1 aliphatic rings. The number of carbonyl (C=O) groups is 1. The van der Waals surface area contributed by atoms with Crippen molar-refractivity contribution in [3.05, 3.63) is 84.9 Å². The van der Waals surface area contributed by atoms with Crippen LogP contribution in [-0.4, -0.2) is 28.6 Å². The highest BCUT2D eigenvalue weighted by atomic mass is 16.2. The maximum Gasteiger partial charge on any atom is 0.329 e. The SMILES string of the molecule is O=C(N1CCCCC1)n1c(-c2ccccc2)c(-c2ccccc2)c2ccccc21. The number of amides is 1. The van der Waals surface area contributed by atoms with E-state index in [1.807, 2.05) is 39.8 Å². The van der Waals surface area contributed by atoms with Crippen molar-refractivity contribution in [2.75, 3.05) is 13.1 Å². The fourth-order valence-electron chi connectivity index (χ4n) is 4.43. The van der Waals surface area contributed by atoms with Crippen LogP contribution >= 0.6 is 0 Å². The molecule has 0 spiro atoms. The molecule has 3 heteroatoms. The highest BCUT2D eigenvalue weighted by Gasteiger charge is 2.27. The normalized spacial score (nSPS) is 14.3. The Morgan fingerprint density at radius 1 is 0.655 bits per heavy atom. The molecule has 0 unspecified atom stereocenters. The molecule has 0 bridgehead atoms. The van der Waals surface area contributed by atoms with Crippen molar-refractivity contribution in [1.82, 2.24) is 9.47 Å². The van der Waals surface area contributed by atoms with E-state index in [0.29, 0.717) is 0 Å². The third kappa shape index (κ3) is 3.13. The maximum absolute atomic E-state index is 13.7. The second kappa shape index (κ2) is 7.59. The molecule has 4 aromatic rings. The maximum atomic E-state index is 13.7. The molecule has 1 aliphatic heterocycles. The molecule has 144 valence electrons. The van der Waals surface area contributed by atoms with Crippen LogP contribution in [-0.2, 0) is 0 Å². The van der Waals surface area contributed by atoms with Gasteiger partial charge in [0.2, 0.25) is 0 Å². The van der Waals surface area contributed by atoms with E-state index in [1.165, 1.54) is 6.42 Å². The van der Waals surface area contributed by atoms with Crippen molar-refractivity contribution < 1.29 is 4.79 Å². The predicted octanol–water partition coefficient (Wildman–Crippen LogP) is 6.43. The van der Waals surface area contributed by atoms with Crippen LogP contribution in [0.25, 0.3) is 33.3 Å².